The predicted molar refractivity (Wildman–Crippen MR) is 101 cm³/mol. The number of aliphatic hydroxyl groups is 1. The van der Waals surface area contributed by atoms with Gasteiger partial charge in [0.25, 0.3) is 0 Å². The summed E-state index contributed by atoms with van der Waals surface area (Å²) in [5, 5.41) is 9.37. The van der Waals surface area contributed by atoms with Crippen LogP contribution in [0.5, 0.6) is 0 Å². The van der Waals surface area contributed by atoms with Gasteiger partial charge in [0, 0.05) is 25.9 Å². The normalized spacial score (nSPS) is 24.7. The van der Waals surface area contributed by atoms with Crippen molar-refractivity contribution in [2.24, 2.45) is 23.7 Å². The summed E-state index contributed by atoms with van der Waals surface area (Å²) < 4.78 is 5.79. The van der Waals surface area contributed by atoms with E-state index in [9.17, 15) is 14.7 Å². The molecule has 0 saturated carbocycles. The summed E-state index contributed by atoms with van der Waals surface area (Å²) in [6.45, 7) is 9.69. The molecule has 2 amide bonds. The Morgan fingerprint density at radius 1 is 1.07 bits per heavy atom. The van der Waals surface area contributed by atoms with Crippen molar-refractivity contribution in [3.05, 3.63) is 23.7 Å². The summed E-state index contributed by atoms with van der Waals surface area (Å²) in [7, 11) is 0. The molecule has 1 N–H and O–H groups in total. The van der Waals surface area contributed by atoms with Gasteiger partial charge in [-0.25, -0.2) is 0 Å². The van der Waals surface area contributed by atoms with E-state index in [1.807, 2.05) is 4.90 Å². The zero-order chi connectivity index (χ0) is 19.7. The Morgan fingerprint density at radius 3 is 2.30 bits per heavy atom. The topological polar surface area (TPSA) is 74.0 Å². The number of hydrogen-bond acceptors (Lipinski definition) is 4. The van der Waals surface area contributed by atoms with Crippen molar-refractivity contribution in [1.29, 1.82) is 0 Å². The second-order valence-electron chi connectivity index (χ2n) is 8.84. The molecule has 2 aliphatic rings. The molecule has 0 aromatic carbocycles. The van der Waals surface area contributed by atoms with Gasteiger partial charge in [0.2, 0.25) is 11.8 Å². The van der Waals surface area contributed by atoms with E-state index in [-0.39, 0.29) is 24.3 Å². The van der Waals surface area contributed by atoms with Crippen LogP contribution < -0.4 is 0 Å². The Morgan fingerprint density at radius 2 is 1.74 bits per heavy atom. The van der Waals surface area contributed by atoms with Crippen LogP contribution in [0.4, 0.5) is 0 Å². The average molecular weight is 376 g/mol. The zero-order valence-corrected chi connectivity index (χ0v) is 16.9. The number of hydrogen-bond donors (Lipinski definition) is 1. The zero-order valence-electron chi connectivity index (χ0n) is 16.9. The van der Waals surface area contributed by atoms with Gasteiger partial charge >= 0.3 is 0 Å². The maximum absolute atomic E-state index is 12.8. The highest BCUT2D eigenvalue weighted by Crippen LogP contribution is 2.38. The average Bonchev–Trinajstić information content (AvgIpc) is 3.28. The van der Waals surface area contributed by atoms with Crippen LogP contribution in [0.3, 0.4) is 0 Å². The van der Waals surface area contributed by atoms with Gasteiger partial charge in [-0.1, -0.05) is 27.7 Å². The summed E-state index contributed by atoms with van der Waals surface area (Å²) >= 11 is 0. The van der Waals surface area contributed by atoms with Gasteiger partial charge in [-0.05, 0) is 42.2 Å². The minimum Gasteiger partial charge on any atom is -0.459 e. The highest BCUT2D eigenvalue weighted by atomic mass is 16.4. The van der Waals surface area contributed by atoms with Crippen LogP contribution >= 0.6 is 0 Å². The lowest BCUT2D eigenvalue weighted by Gasteiger charge is -2.34. The third-order valence-corrected chi connectivity index (χ3v) is 5.86. The van der Waals surface area contributed by atoms with E-state index in [4.69, 9.17) is 4.42 Å². The number of furan rings is 1. The summed E-state index contributed by atoms with van der Waals surface area (Å²) in [4.78, 5) is 29.3. The lowest BCUT2D eigenvalue weighted by Crippen LogP contribution is -2.43. The van der Waals surface area contributed by atoms with Crippen LogP contribution in [0.25, 0.3) is 0 Å². The lowest BCUT2D eigenvalue weighted by atomic mass is 9.95. The molecule has 2 fully saturated rings. The van der Waals surface area contributed by atoms with Gasteiger partial charge < -0.3 is 19.3 Å². The molecule has 27 heavy (non-hydrogen) atoms. The number of rotatable bonds is 7. The molecule has 3 heterocycles. The van der Waals surface area contributed by atoms with E-state index in [0.29, 0.717) is 55.2 Å². The van der Waals surface area contributed by atoms with Crippen LogP contribution in [0.1, 0.15) is 64.6 Å². The Balaban J connectivity index is 1.89. The van der Waals surface area contributed by atoms with Gasteiger partial charge in [0.15, 0.2) is 6.17 Å². The maximum atomic E-state index is 12.8. The smallest absolute Gasteiger partial charge is 0.224 e. The Hall–Kier alpha value is -1.82. The molecule has 1 aromatic heterocycles. The molecule has 150 valence electrons. The molecule has 0 aliphatic carbocycles. The minimum atomic E-state index is -0.508. The van der Waals surface area contributed by atoms with Gasteiger partial charge in [-0.3, -0.25) is 9.59 Å². The van der Waals surface area contributed by atoms with Crippen molar-refractivity contribution < 1.29 is 19.1 Å². The summed E-state index contributed by atoms with van der Waals surface area (Å²) in [6.07, 6.45) is 1.53. The molecule has 2 saturated heterocycles. The second-order valence-corrected chi connectivity index (χ2v) is 8.84. The predicted octanol–water partition coefficient (Wildman–Crippen LogP) is 3.17. The number of nitrogens with zero attached hydrogens (tertiary/aromatic N) is 2. The van der Waals surface area contributed by atoms with Gasteiger partial charge in [0.1, 0.15) is 18.1 Å². The molecule has 3 atom stereocenters. The molecule has 0 bridgehead atoms. The fraction of sp³-hybridized carbons (Fsp3) is 0.714. The first-order valence-electron chi connectivity index (χ1n) is 10.1. The van der Waals surface area contributed by atoms with Crippen molar-refractivity contribution in [3.63, 3.8) is 0 Å². The van der Waals surface area contributed by atoms with Gasteiger partial charge in [0.05, 0.1) is 0 Å². The quantitative estimate of drug-likeness (QED) is 0.793. The fourth-order valence-electron chi connectivity index (χ4n) is 4.41. The van der Waals surface area contributed by atoms with Gasteiger partial charge in [-0.2, -0.15) is 0 Å². The Bertz CT molecular complexity index is 681. The lowest BCUT2D eigenvalue weighted by molar-refractivity contribution is -0.141. The second kappa shape index (κ2) is 8.05. The van der Waals surface area contributed by atoms with E-state index in [1.165, 1.54) is 0 Å². The molecule has 2 aliphatic heterocycles. The van der Waals surface area contributed by atoms with E-state index in [2.05, 4.69) is 27.7 Å². The number of amides is 2. The number of aliphatic hydroxyl groups excluding tert-OH is 1. The van der Waals surface area contributed by atoms with E-state index in [0.717, 1.165) is 6.42 Å². The SMILES string of the molecule is CC(C)CC1CC(=O)N(C(c2ccc(CO)o2)N2CC(C(C)C)CC2=O)C1. The number of carbonyl (C=O) groups excluding carboxylic acids is 2. The van der Waals surface area contributed by atoms with Crippen LogP contribution in [-0.4, -0.2) is 39.8 Å². The molecular weight excluding hydrogens is 344 g/mol. The summed E-state index contributed by atoms with van der Waals surface area (Å²) in [6, 6.07) is 3.50. The van der Waals surface area contributed by atoms with Crippen molar-refractivity contribution in [3.8, 4) is 0 Å². The van der Waals surface area contributed by atoms with E-state index in [1.54, 1.807) is 17.0 Å². The first kappa shape index (κ1) is 19.9. The molecule has 6 heteroatoms. The molecule has 3 rings (SSSR count). The van der Waals surface area contributed by atoms with Crippen molar-refractivity contribution >= 4 is 11.8 Å². The van der Waals surface area contributed by atoms with Crippen molar-refractivity contribution in [1.82, 2.24) is 9.80 Å². The first-order chi connectivity index (χ1) is 12.8. The molecular formula is C21H32N2O4. The maximum Gasteiger partial charge on any atom is 0.224 e. The largest absolute Gasteiger partial charge is 0.459 e. The molecule has 1 aromatic rings. The number of carbonyl (C=O) groups is 2. The highest BCUT2D eigenvalue weighted by molar-refractivity contribution is 5.82. The van der Waals surface area contributed by atoms with E-state index < -0.39 is 6.17 Å². The van der Waals surface area contributed by atoms with E-state index >= 15 is 0 Å². The van der Waals surface area contributed by atoms with Crippen molar-refractivity contribution in [2.75, 3.05) is 13.1 Å². The van der Waals surface area contributed by atoms with Crippen molar-refractivity contribution in [2.45, 2.75) is 59.7 Å². The number of likely N-dealkylation sites (tertiary alicyclic amines) is 2. The van der Waals surface area contributed by atoms with Crippen LogP contribution in [0.15, 0.2) is 16.5 Å². The third-order valence-electron chi connectivity index (χ3n) is 5.86. The minimum absolute atomic E-state index is 0.0701. The van der Waals surface area contributed by atoms with Crippen LogP contribution in [0.2, 0.25) is 0 Å². The van der Waals surface area contributed by atoms with Gasteiger partial charge in [-0.15, -0.1) is 0 Å². The summed E-state index contributed by atoms with van der Waals surface area (Å²) in [5.74, 6) is 2.70. The highest BCUT2D eigenvalue weighted by Gasteiger charge is 2.44. The fourth-order valence-corrected chi connectivity index (χ4v) is 4.41. The Labute approximate surface area is 161 Å². The standard InChI is InChI=1S/C21H32N2O4/c1-13(2)7-15-8-19(25)22(10-15)21(18-6-5-17(12-24)27-18)23-11-16(14(3)4)9-20(23)26/h5-6,13-16,21,24H,7-12H2,1-4H3. The Kier molecular flexibility index (Phi) is 5.94. The summed E-state index contributed by atoms with van der Waals surface area (Å²) in [5.41, 5.74) is 0. The molecule has 0 spiro atoms. The first-order valence-corrected chi connectivity index (χ1v) is 10.1. The van der Waals surface area contributed by atoms with Crippen LogP contribution in [0, 0.1) is 23.7 Å². The molecule has 3 unspecified atom stereocenters. The monoisotopic (exact) mass is 376 g/mol. The molecule has 0 radical (unpaired) electrons. The molecule has 6 nitrogen and oxygen atoms in total. The third kappa shape index (κ3) is 4.21. The van der Waals surface area contributed by atoms with Crippen LogP contribution in [-0.2, 0) is 16.2 Å².